The number of furan rings is 2. The molecule has 0 bridgehead atoms. The number of nitrogens with one attached hydrogen (secondary N) is 6. The van der Waals surface area contributed by atoms with Gasteiger partial charge in [-0.1, -0.05) is 35.6 Å². The Morgan fingerprint density at radius 1 is 0.333 bits per heavy atom. The highest BCUT2D eigenvalue weighted by molar-refractivity contribution is 7.07. The third kappa shape index (κ3) is 63.9. The Morgan fingerprint density at radius 2 is 0.917 bits per heavy atom. The number of aromatic amines is 6. The van der Waals surface area contributed by atoms with E-state index in [-0.39, 0.29) is 0 Å². The van der Waals surface area contributed by atoms with Crippen LogP contribution >= 0.6 is 11.3 Å². The van der Waals surface area contributed by atoms with E-state index in [9.17, 15) is 0 Å². The summed E-state index contributed by atoms with van der Waals surface area (Å²) < 4.78 is 18.1. The normalized spacial score (nSPS) is 8.57. The van der Waals surface area contributed by atoms with Crippen LogP contribution in [0.3, 0.4) is 0 Å². The van der Waals surface area contributed by atoms with Crippen molar-refractivity contribution in [2.45, 2.75) is 6.42 Å². The molecule has 29 heteroatoms. The zero-order valence-corrected chi connectivity index (χ0v) is 45.8. The van der Waals surface area contributed by atoms with Crippen LogP contribution in [0.25, 0.3) is 0 Å². The fourth-order valence-electron chi connectivity index (χ4n) is 3.64. The molecule has 15 aromatic heterocycles. The molecular weight excluding hydrogens is 1090 g/mol. The summed E-state index contributed by atoms with van der Waals surface area (Å²) in [7, 11) is 0. The maximum absolute atomic E-state index is 4.58. The van der Waals surface area contributed by atoms with Gasteiger partial charge in [0.1, 0.15) is 25.2 Å². The Bertz CT molecular complexity index is 2190. The molecule has 432 valence electrons. The summed E-state index contributed by atoms with van der Waals surface area (Å²) >= 11 is 1.71. The van der Waals surface area contributed by atoms with E-state index in [1.807, 2.05) is 139 Å². The number of H-pyrrole nitrogens is 6. The first kappa shape index (κ1) is 69.6. The molecule has 0 spiro atoms. The maximum atomic E-state index is 4.58. The minimum absolute atomic E-state index is 1.03. The summed E-state index contributed by atoms with van der Waals surface area (Å²) in [5.41, 5.74) is 0. The van der Waals surface area contributed by atoms with E-state index in [2.05, 4.69) is 139 Å². The van der Waals surface area contributed by atoms with Crippen molar-refractivity contribution in [3.05, 3.63) is 326 Å². The van der Waals surface area contributed by atoms with Gasteiger partial charge in [-0.3, -0.25) is 35.1 Å². The highest BCUT2D eigenvalue weighted by atomic mass is 32.1. The average Bonchev–Trinajstić information content (AvgIpc) is 4.42. The number of allylic oxidation sites excluding steroid dienone is 1. The number of rotatable bonds is 0. The molecule has 15 aromatic rings. The molecule has 0 atom stereocenters. The van der Waals surface area contributed by atoms with Gasteiger partial charge in [-0.25, -0.2) is 19.9 Å². The summed E-state index contributed by atoms with van der Waals surface area (Å²) in [5.74, 6) is 0. The molecule has 0 radical (unpaired) electrons. The Morgan fingerprint density at radius 3 is 1.07 bits per heavy atom. The highest BCUT2D eigenvalue weighted by Gasteiger charge is 1.73. The molecule has 1 aliphatic heterocycles. The van der Waals surface area contributed by atoms with Crippen molar-refractivity contribution in [1.82, 2.24) is 116 Å². The van der Waals surface area contributed by atoms with Crippen LogP contribution in [-0.2, 0) is 0 Å². The van der Waals surface area contributed by atoms with Crippen LogP contribution in [0.5, 0.6) is 0 Å². The minimum Gasteiger partial charge on any atom is -0.473 e. The number of oxazole rings is 2. The van der Waals surface area contributed by atoms with Gasteiger partial charge >= 0.3 is 0 Å². The van der Waals surface area contributed by atoms with Gasteiger partial charge in [-0.05, 0) is 89.6 Å². The molecule has 0 saturated carbocycles. The molecule has 0 saturated heterocycles. The second-order valence-electron chi connectivity index (χ2n) is 12.8. The lowest BCUT2D eigenvalue weighted by atomic mass is 10.5. The van der Waals surface area contributed by atoms with Crippen LogP contribution in [-0.4, -0.2) is 123 Å². The topological polar surface area (TPSA) is 379 Å². The minimum atomic E-state index is 1.03. The van der Waals surface area contributed by atoms with Crippen molar-refractivity contribution in [2.75, 3.05) is 0 Å². The monoisotopic (exact) mass is 1150 g/mol. The largest absolute Gasteiger partial charge is 0.473 e. The van der Waals surface area contributed by atoms with Gasteiger partial charge in [0.15, 0.2) is 19.1 Å². The summed E-state index contributed by atoms with van der Waals surface area (Å²) in [6.45, 7) is 0. The first-order chi connectivity index (χ1) is 42.0. The zero-order chi connectivity index (χ0) is 59.4. The van der Waals surface area contributed by atoms with Gasteiger partial charge in [0.25, 0.3) is 0 Å². The zero-order valence-electron chi connectivity index (χ0n) is 45.0. The number of hydrogen-bond acceptors (Lipinski definition) is 23. The van der Waals surface area contributed by atoms with E-state index in [1.165, 1.54) is 44.3 Å². The Balaban J connectivity index is 0.000000448. The molecule has 0 amide bonds. The molecule has 6 N–H and O–H groups in total. The number of thiophene rings is 1. The maximum Gasteiger partial charge on any atom is 0.180 e. The van der Waals surface area contributed by atoms with Gasteiger partial charge in [-0.2, -0.15) is 52.4 Å². The molecule has 0 fully saturated rings. The van der Waals surface area contributed by atoms with Crippen LogP contribution in [0.15, 0.2) is 348 Å². The summed E-state index contributed by atoms with van der Waals surface area (Å²) in [5, 5.41) is 44.8. The number of pyridine rings is 2. The molecular formula is C55H62N24O4S. The van der Waals surface area contributed by atoms with E-state index in [0.717, 1.165) is 6.42 Å². The van der Waals surface area contributed by atoms with E-state index >= 15 is 0 Å². The number of tetrazole rings is 1. The summed E-state index contributed by atoms with van der Waals surface area (Å²) in [6.07, 6.45) is 58.7. The van der Waals surface area contributed by atoms with Gasteiger partial charge in [0.05, 0.1) is 56.2 Å². The quantitative estimate of drug-likeness (QED) is 0.0821. The summed E-state index contributed by atoms with van der Waals surface area (Å²) in [4.78, 5) is 38.7. The predicted molar refractivity (Wildman–Crippen MR) is 314 cm³/mol. The van der Waals surface area contributed by atoms with Crippen molar-refractivity contribution in [2.24, 2.45) is 4.99 Å². The Labute approximate surface area is 487 Å². The fraction of sp³-hybridized carbons (Fsp3) is 0.0182. The number of imidazole rings is 1. The lowest BCUT2D eigenvalue weighted by molar-refractivity contribution is 0.557. The molecule has 0 aromatic carbocycles. The second kappa shape index (κ2) is 66.7. The van der Waals surface area contributed by atoms with Crippen molar-refractivity contribution in [3.63, 3.8) is 0 Å². The van der Waals surface area contributed by atoms with Gasteiger partial charge in [0.2, 0.25) is 0 Å². The molecule has 16 rings (SSSR count). The van der Waals surface area contributed by atoms with Crippen molar-refractivity contribution in [1.29, 1.82) is 0 Å². The number of aliphatic imine (C=N–C) groups is 1. The van der Waals surface area contributed by atoms with Crippen molar-refractivity contribution >= 4 is 17.6 Å². The van der Waals surface area contributed by atoms with Gasteiger partial charge < -0.3 is 27.6 Å². The molecule has 84 heavy (non-hydrogen) atoms. The fourth-order valence-corrected chi connectivity index (χ4v) is 4.09. The standard InChI is InChI=1S/2C5H5N.2C4H4N2.2C4H5N.2C4H4O.C4H4S.2C3H4N2.2C3H3NO.2C2H3N3.CH2N4/c2*1-2-4-6-5-3-1;1-2-6-4-3-5-1;1-2-4-6-5-3-1;5*1-2-4-5-3-1;1-2-5-3-4-1;1-2-4-5-3-1;2*1-2-5-3-4-1;1-3-2-5-4-1;2*1-2-4-5-3-1/h2*1-5H;2*1-4H;1,3-4H,2H2;1-5H;3*1-4H;2*1-3H,(H,4,5);2*1-3H;2*1-2H,(H,3,4,5);1H,(H,2,3,4,5). The predicted octanol–water partition coefficient (Wildman–Crippen LogP) is 10.4. The number of nitrogens with zero attached hydrogens (tertiary/aromatic N) is 18. The molecule has 16 heterocycles. The average molecular weight is 1160 g/mol. The lowest BCUT2D eigenvalue weighted by Gasteiger charge is -1.70. The van der Waals surface area contributed by atoms with E-state index in [4.69, 9.17) is 0 Å². The van der Waals surface area contributed by atoms with E-state index in [1.54, 1.807) is 160 Å². The van der Waals surface area contributed by atoms with Crippen molar-refractivity contribution < 1.29 is 17.7 Å². The number of aromatic nitrogens is 23. The van der Waals surface area contributed by atoms with Crippen LogP contribution in [0.1, 0.15) is 6.42 Å². The molecule has 0 unspecified atom stereocenters. The molecule has 0 aliphatic carbocycles. The first-order valence-electron chi connectivity index (χ1n) is 24.0. The first-order valence-corrected chi connectivity index (χ1v) is 25.0. The third-order valence-corrected chi connectivity index (χ3v) is 7.47. The van der Waals surface area contributed by atoms with Gasteiger partial charge in [0, 0.05) is 118 Å². The molecule has 28 nitrogen and oxygen atoms in total. The SMILES string of the molecule is C1=CN=CC1.c1c[nH]cn1.c1cc[nH]c1.c1ccncc1.c1ccncc1.c1ccnnc1.c1ccoc1.c1ccoc1.c1ccsc1.c1cn[nH]c1.c1cn[nH]n1.c1cnccn1.c1cocn1.c1cocn1.c1nc[nH]n1.c1nn[nH]n1. The van der Waals surface area contributed by atoms with E-state index < -0.39 is 0 Å². The van der Waals surface area contributed by atoms with Crippen LogP contribution in [0.2, 0.25) is 0 Å². The van der Waals surface area contributed by atoms with Crippen LogP contribution < -0.4 is 0 Å². The Hall–Kier alpha value is -12.4. The highest BCUT2D eigenvalue weighted by Crippen LogP contribution is 1.91. The van der Waals surface area contributed by atoms with E-state index in [0.29, 0.717) is 0 Å². The Kier molecular flexibility index (Phi) is 55.3. The second-order valence-corrected chi connectivity index (χ2v) is 13.6. The van der Waals surface area contributed by atoms with Crippen LogP contribution in [0.4, 0.5) is 0 Å². The van der Waals surface area contributed by atoms with Crippen LogP contribution in [0, 0.1) is 0 Å². The van der Waals surface area contributed by atoms with Crippen molar-refractivity contribution in [3.8, 4) is 0 Å². The summed E-state index contributed by atoms with van der Waals surface area (Å²) in [6, 6.07) is 32.2. The lowest BCUT2D eigenvalue weighted by Crippen LogP contribution is -1.69. The van der Waals surface area contributed by atoms with Gasteiger partial charge in [-0.15, -0.1) is 10.2 Å². The number of hydrogen-bond donors (Lipinski definition) is 6. The smallest absolute Gasteiger partial charge is 0.180 e. The third-order valence-electron chi connectivity index (χ3n) is 6.84. The molecule has 1 aliphatic rings.